The second-order valence-corrected chi connectivity index (χ2v) is 5.22. The molecule has 1 unspecified atom stereocenters. The number of hydrogen-bond donors (Lipinski definition) is 3. The van der Waals surface area contributed by atoms with E-state index < -0.39 is 5.60 Å². The molecule has 1 atom stereocenters. The first-order valence-electron chi connectivity index (χ1n) is 6.36. The van der Waals surface area contributed by atoms with Crippen molar-refractivity contribution in [3.05, 3.63) is 0 Å². The van der Waals surface area contributed by atoms with E-state index in [9.17, 15) is 14.7 Å². The lowest BCUT2D eigenvalue weighted by Gasteiger charge is -2.26. The Labute approximate surface area is 101 Å². The zero-order chi connectivity index (χ0) is 12.3. The fraction of sp³-hybridized carbons (Fsp3) is 0.833. The molecule has 0 aromatic carbocycles. The summed E-state index contributed by atoms with van der Waals surface area (Å²) in [6, 6.07) is 0.0187. The number of carbonyl (C=O) groups excluding carboxylic acids is 2. The summed E-state index contributed by atoms with van der Waals surface area (Å²) >= 11 is 0. The first-order valence-corrected chi connectivity index (χ1v) is 6.36. The summed E-state index contributed by atoms with van der Waals surface area (Å²) in [6.07, 6.45) is 4.80. The number of rotatable bonds is 3. The molecule has 0 aromatic rings. The molecule has 1 aliphatic heterocycles. The molecule has 0 spiro atoms. The van der Waals surface area contributed by atoms with Crippen molar-refractivity contribution in [2.75, 3.05) is 6.54 Å². The van der Waals surface area contributed by atoms with E-state index in [2.05, 4.69) is 10.6 Å². The number of hydrogen-bond acceptors (Lipinski definition) is 3. The summed E-state index contributed by atoms with van der Waals surface area (Å²) in [4.78, 5) is 22.7. The maximum atomic E-state index is 11.8. The first kappa shape index (κ1) is 12.4. The predicted molar refractivity (Wildman–Crippen MR) is 62.2 cm³/mol. The zero-order valence-electron chi connectivity index (χ0n) is 10.00. The number of piperidine rings is 1. The molecule has 2 rings (SSSR count). The van der Waals surface area contributed by atoms with Crippen molar-refractivity contribution >= 4 is 11.8 Å². The highest BCUT2D eigenvalue weighted by Gasteiger charge is 2.34. The van der Waals surface area contributed by atoms with E-state index in [1.54, 1.807) is 0 Å². The van der Waals surface area contributed by atoms with Gasteiger partial charge in [0.05, 0.1) is 12.0 Å². The van der Waals surface area contributed by atoms with Crippen LogP contribution >= 0.6 is 0 Å². The van der Waals surface area contributed by atoms with Crippen LogP contribution in [0.5, 0.6) is 0 Å². The lowest BCUT2D eigenvalue weighted by atomic mass is 9.97. The highest BCUT2D eigenvalue weighted by Crippen LogP contribution is 2.32. The van der Waals surface area contributed by atoms with Gasteiger partial charge in [-0.05, 0) is 19.3 Å². The van der Waals surface area contributed by atoms with E-state index in [1.165, 1.54) is 0 Å². The monoisotopic (exact) mass is 240 g/mol. The maximum absolute atomic E-state index is 11.8. The van der Waals surface area contributed by atoms with Crippen LogP contribution in [0.4, 0.5) is 0 Å². The molecule has 5 nitrogen and oxygen atoms in total. The van der Waals surface area contributed by atoms with Crippen molar-refractivity contribution in [3.63, 3.8) is 0 Å². The van der Waals surface area contributed by atoms with Crippen molar-refractivity contribution in [1.29, 1.82) is 0 Å². The van der Waals surface area contributed by atoms with Gasteiger partial charge in [-0.1, -0.05) is 12.8 Å². The SMILES string of the molecule is O=C1CCC(NC(=O)CC2(O)CCCC2)CN1. The van der Waals surface area contributed by atoms with Crippen molar-refractivity contribution in [2.45, 2.75) is 56.6 Å². The smallest absolute Gasteiger partial charge is 0.223 e. The average molecular weight is 240 g/mol. The third-order valence-corrected chi connectivity index (χ3v) is 3.65. The van der Waals surface area contributed by atoms with Crippen molar-refractivity contribution < 1.29 is 14.7 Å². The van der Waals surface area contributed by atoms with Crippen LogP contribution in [0.1, 0.15) is 44.9 Å². The van der Waals surface area contributed by atoms with E-state index in [0.29, 0.717) is 19.4 Å². The summed E-state index contributed by atoms with van der Waals surface area (Å²) in [5.74, 6) is -0.0551. The lowest BCUT2D eigenvalue weighted by Crippen LogP contribution is -2.49. The second-order valence-electron chi connectivity index (χ2n) is 5.22. The number of nitrogens with one attached hydrogen (secondary N) is 2. The summed E-state index contributed by atoms with van der Waals surface area (Å²) in [5.41, 5.74) is -0.790. The zero-order valence-corrected chi connectivity index (χ0v) is 10.00. The van der Waals surface area contributed by atoms with Gasteiger partial charge >= 0.3 is 0 Å². The summed E-state index contributed by atoms with van der Waals surface area (Å²) in [6.45, 7) is 0.503. The van der Waals surface area contributed by atoms with Gasteiger partial charge in [-0.2, -0.15) is 0 Å². The third-order valence-electron chi connectivity index (χ3n) is 3.65. The summed E-state index contributed by atoms with van der Waals surface area (Å²) < 4.78 is 0. The molecule has 0 radical (unpaired) electrons. The Morgan fingerprint density at radius 3 is 2.76 bits per heavy atom. The quantitative estimate of drug-likeness (QED) is 0.653. The Kier molecular flexibility index (Phi) is 3.66. The molecule has 5 heteroatoms. The fourth-order valence-corrected chi connectivity index (χ4v) is 2.64. The van der Waals surface area contributed by atoms with Gasteiger partial charge in [0.1, 0.15) is 0 Å². The molecule has 17 heavy (non-hydrogen) atoms. The molecule has 3 N–H and O–H groups in total. The Morgan fingerprint density at radius 2 is 2.18 bits per heavy atom. The number of aliphatic hydroxyl groups is 1. The van der Waals surface area contributed by atoms with Crippen LogP contribution in [0.2, 0.25) is 0 Å². The van der Waals surface area contributed by atoms with Crippen LogP contribution in [-0.2, 0) is 9.59 Å². The number of carbonyl (C=O) groups is 2. The average Bonchev–Trinajstić information content (AvgIpc) is 2.68. The minimum absolute atomic E-state index is 0.0187. The Hall–Kier alpha value is -1.10. The molecular formula is C12H20N2O3. The van der Waals surface area contributed by atoms with Gasteiger partial charge < -0.3 is 15.7 Å². The fourth-order valence-electron chi connectivity index (χ4n) is 2.64. The second kappa shape index (κ2) is 5.04. The van der Waals surface area contributed by atoms with E-state index in [-0.39, 0.29) is 24.3 Å². The van der Waals surface area contributed by atoms with Crippen LogP contribution in [0.15, 0.2) is 0 Å². The van der Waals surface area contributed by atoms with Crippen molar-refractivity contribution in [3.8, 4) is 0 Å². The molecule has 1 saturated heterocycles. The van der Waals surface area contributed by atoms with E-state index in [4.69, 9.17) is 0 Å². The highest BCUT2D eigenvalue weighted by atomic mass is 16.3. The van der Waals surface area contributed by atoms with Crippen LogP contribution in [0, 0.1) is 0 Å². The minimum Gasteiger partial charge on any atom is -0.389 e. The topological polar surface area (TPSA) is 78.4 Å². The normalized spacial score (nSPS) is 27.6. The maximum Gasteiger partial charge on any atom is 0.223 e. The Morgan fingerprint density at radius 1 is 1.47 bits per heavy atom. The Balaban J connectivity index is 1.75. The van der Waals surface area contributed by atoms with Crippen LogP contribution < -0.4 is 10.6 Å². The lowest BCUT2D eigenvalue weighted by molar-refractivity contribution is -0.128. The molecule has 1 aliphatic carbocycles. The molecule has 96 valence electrons. The van der Waals surface area contributed by atoms with E-state index in [1.807, 2.05) is 0 Å². The largest absolute Gasteiger partial charge is 0.389 e. The van der Waals surface area contributed by atoms with Crippen molar-refractivity contribution in [1.82, 2.24) is 10.6 Å². The molecule has 2 amide bonds. The summed E-state index contributed by atoms with van der Waals surface area (Å²) in [7, 11) is 0. The predicted octanol–water partition coefficient (Wildman–Crippen LogP) is 0.0764. The number of amides is 2. The standard InChI is InChI=1S/C12H20N2O3/c15-10-4-3-9(8-13-10)14-11(16)7-12(17)5-1-2-6-12/h9,17H,1-8H2,(H,13,15)(H,14,16). The van der Waals surface area contributed by atoms with Crippen LogP contribution in [-0.4, -0.2) is 35.1 Å². The first-order chi connectivity index (χ1) is 8.07. The van der Waals surface area contributed by atoms with Gasteiger partial charge in [-0.3, -0.25) is 9.59 Å². The molecule has 0 aromatic heterocycles. The molecule has 0 bridgehead atoms. The van der Waals surface area contributed by atoms with Gasteiger partial charge in [0, 0.05) is 19.0 Å². The molecule has 2 aliphatic rings. The summed E-state index contributed by atoms with van der Waals surface area (Å²) in [5, 5.41) is 15.7. The van der Waals surface area contributed by atoms with E-state index >= 15 is 0 Å². The van der Waals surface area contributed by atoms with E-state index in [0.717, 1.165) is 25.7 Å². The van der Waals surface area contributed by atoms with Gasteiger partial charge in [-0.25, -0.2) is 0 Å². The van der Waals surface area contributed by atoms with Gasteiger partial charge in [0.15, 0.2) is 0 Å². The van der Waals surface area contributed by atoms with Crippen molar-refractivity contribution in [2.24, 2.45) is 0 Å². The molecule has 1 heterocycles. The van der Waals surface area contributed by atoms with Gasteiger partial charge in [0.25, 0.3) is 0 Å². The highest BCUT2D eigenvalue weighted by molar-refractivity contribution is 5.79. The van der Waals surface area contributed by atoms with Crippen LogP contribution in [0.3, 0.4) is 0 Å². The van der Waals surface area contributed by atoms with Gasteiger partial charge in [-0.15, -0.1) is 0 Å². The third kappa shape index (κ3) is 3.43. The molecule has 2 fully saturated rings. The van der Waals surface area contributed by atoms with Gasteiger partial charge in [0.2, 0.25) is 11.8 Å². The Bertz CT molecular complexity index is 301. The minimum atomic E-state index is -0.790. The molecular weight excluding hydrogens is 220 g/mol. The van der Waals surface area contributed by atoms with Crippen LogP contribution in [0.25, 0.3) is 0 Å². The molecule has 1 saturated carbocycles.